The van der Waals surface area contributed by atoms with Gasteiger partial charge in [-0.15, -0.1) is 0 Å². The van der Waals surface area contributed by atoms with Gasteiger partial charge in [0.15, 0.2) is 0 Å². The maximum absolute atomic E-state index is 11.8. The molecule has 0 saturated carbocycles. The van der Waals surface area contributed by atoms with Crippen LogP contribution in [0.15, 0.2) is 47.2 Å². The Balaban J connectivity index is 1.88. The van der Waals surface area contributed by atoms with Crippen molar-refractivity contribution in [2.75, 3.05) is 26.0 Å². The lowest BCUT2D eigenvalue weighted by atomic mass is 10.2. The van der Waals surface area contributed by atoms with E-state index in [1.165, 1.54) is 0 Å². The lowest BCUT2D eigenvalue weighted by Gasteiger charge is -2.22. The third kappa shape index (κ3) is 3.83. The molecule has 0 unspecified atom stereocenters. The lowest BCUT2D eigenvalue weighted by Crippen LogP contribution is -2.36. The molecule has 0 aromatic carbocycles. The van der Waals surface area contributed by atoms with Crippen LogP contribution in [0.25, 0.3) is 0 Å². The molecule has 6 nitrogen and oxygen atoms in total. The second-order valence-electron chi connectivity index (χ2n) is 4.54. The summed E-state index contributed by atoms with van der Waals surface area (Å²) in [5.41, 5.74) is 0. The number of pyridine rings is 1. The summed E-state index contributed by atoms with van der Waals surface area (Å²) in [6, 6.07) is 8.76. The predicted molar refractivity (Wildman–Crippen MR) is 76.4 cm³/mol. The molecule has 20 heavy (non-hydrogen) atoms. The van der Waals surface area contributed by atoms with Gasteiger partial charge in [0, 0.05) is 12.7 Å². The van der Waals surface area contributed by atoms with E-state index in [1.807, 2.05) is 37.2 Å². The fraction of sp³-hybridized carbons (Fsp3) is 0.286. The van der Waals surface area contributed by atoms with Gasteiger partial charge >= 0.3 is 6.03 Å². The summed E-state index contributed by atoms with van der Waals surface area (Å²) in [5.74, 6) is 1.33. The number of rotatable bonds is 5. The van der Waals surface area contributed by atoms with Crippen LogP contribution in [-0.4, -0.2) is 36.6 Å². The summed E-state index contributed by atoms with van der Waals surface area (Å²) in [6.45, 7) is 0.444. The predicted octanol–water partition coefficient (Wildman–Crippen LogP) is 2.10. The third-order valence-corrected chi connectivity index (χ3v) is 2.86. The number of anilines is 1. The molecule has 106 valence electrons. The molecule has 2 aromatic rings. The van der Waals surface area contributed by atoms with Crippen molar-refractivity contribution in [1.82, 2.24) is 15.2 Å². The summed E-state index contributed by atoms with van der Waals surface area (Å²) < 4.78 is 5.38. The van der Waals surface area contributed by atoms with Crippen molar-refractivity contribution in [1.29, 1.82) is 0 Å². The Morgan fingerprint density at radius 3 is 2.80 bits per heavy atom. The molecular formula is C14H18N4O2. The molecule has 0 bridgehead atoms. The molecular weight excluding hydrogens is 256 g/mol. The monoisotopic (exact) mass is 274 g/mol. The molecule has 2 N–H and O–H groups in total. The van der Waals surface area contributed by atoms with Crippen LogP contribution in [0.1, 0.15) is 11.8 Å². The van der Waals surface area contributed by atoms with Gasteiger partial charge in [0.1, 0.15) is 11.6 Å². The van der Waals surface area contributed by atoms with Crippen LogP contribution in [-0.2, 0) is 0 Å². The minimum absolute atomic E-state index is 0.0144. The van der Waals surface area contributed by atoms with Crippen LogP contribution in [0.5, 0.6) is 0 Å². The normalized spacial score (nSPS) is 12.2. The van der Waals surface area contributed by atoms with Crippen LogP contribution in [0.4, 0.5) is 10.6 Å². The number of carbonyl (C=O) groups excluding carboxylic acids is 1. The summed E-state index contributed by atoms with van der Waals surface area (Å²) in [7, 11) is 3.87. The first-order valence-corrected chi connectivity index (χ1v) is 6.32. The minimum atomic E-state index is -0.290. The minimum Gasteiger partial charge on any atom is -0.468 e. The zero-order chi connectivity index (χ0) is 14.4. The van der Waals surface area contributed by atoms with E-state index in [4.69, 9.17) is 4.42 Å². The Morgan fingerprint density at radius 1 is 1.35 bits per heavy atom. The van der Waals surface area contributed by atoms with Gasteiger partial charge in [-0.3, -0.25) is 10.2 Å². The number of hydrogen-bond acceptors (Lipinski definition) is 4. The number of furan rings is 1. The van der Waals surface area contributed by atoms with E-state index in [2.05, 4.69) is 15.6 Å². The summed E-state index contributed by atoms with van der Waals surface area (Å²) >= 11 is 0. The highest BCUT2D eigenvalue weighted by molar-refractivity contribution is 5.88. The molecule has 0 radical (unpaired) electrons. The van der Waals surface area contributed by atoms with Crippen molar-refractivity contribution in [2.24, 2.45) is 0 Å². The van der Waals surface area contributed by atoms with Crippen molar-refractivity contribution in [3.63, 3.8) is 0 Å². The average molecular weight is 274 g/mol. The quantitative estimate of drug-likeness (QED) is 0.876. The van der Waals surface area contributed by atoms with E-state index in [1.54, 1.807) is 24.6 Å². The van der Waals surface area contributed by atoms with E-state index in [-0.39, 0.29) is 12.1 Å². The van der Waals surface area contributed by atoms with Gasteiger partial charge in [-0.05, 0) is 38.4 Å². The summed E-state index contributed by atoms with van der Waals surface area (Å²) in [6.07, 6.45) is 3.25. The Kier molecular flexibility index (Phi) is 4.73. The van der Waals surface area contributed by atoms with Gasteiger partial charge in [0.2, 0.25) is 0 Å². The van der Waals surface area contributed by atoms with E-state index in [9.17, 15) is 4.79 Å². The second-order valence-corrected chi connectivity index (χ2v) is 4.54. The molecule has 0 fully saturated rings. The molecule has 2 amide bonds. The topological polar surface area (TPSA) is 70.4 Å². The van der Waals surface area contributed by atoms with E-state index < -0.39 is 0 Å². The van der Waals surface area contributed by atoms with Crippen molar-refractivity contribution >= 4 is 11.8 Å². The fourth-order valence-electron chi connectivity index (χ4n) is 1.81. The van der Waals surface area contributed by atoms with Gasteiger partial charge in [0.05, 0.1) is 12.3 Å². The van der Waals surface area contributed by atoms with Crippen LogP contribution < -0.4 is 10.6 Å². The summed E-state index contributed by atoms with van der Waals surface area (Å²) in [5, 5.41) is 5.48. The van der Waals surface area contributed by atoms with Gasteiger partial charge in [-0.25, -0.2) is 9.78 Å². The smallest absolute Gasteiger partial charge is 0.320 e. The fourth-order valence-corrected chi connectivity index (χ4v) is 1.81. The Labute approximate surface area is 117 Å². The van der Waals surface area contributed by atoms with Crippen LogP contribution in [0.2, 0.25) is 0 Å². The molecule has 2 rings (SSSR count). The van der Waals surface area contributed by atoms with Crippen molar-refractivity contribution in [3.05, 3.63) is 48.6 Å². The molecule has 6 heteroatoms. The number of carbonyl (C=O) groups is 1. The number of urea groups is 1. The molecule has 0 spiro atoms. The maximum Gasteiger partial charge on any atom is 0.320 e. The molecule has 0 saturated heterocycles. The molecule has 1 atom stereocenters. The number of amides is 2. The number of nitrogens with zero attached hydrogens (tertiary/aromatic N) is 2. The third-order valence-electron chi connectivity index (χ3n) is 2.86. The largest absolute Gasteiger partial charge is 0.468 e. The highest BCUT2D eigenvalue weighted by Crippen LogP contribution is 2.17. The van der Waals surface area contributed by atoms with Crippen molar-refractivity contribution in [2.45, 2.75) is 6.04 Å². The molecule has 2 heterocycles. The zero-order valence-corrected chi connectivity index (χ0v) is 11.5. The molecule has 2 aromatic heterocycles. The highest BCUT2D eigenvalue weighted by Gasteiger charge is 2.17. The number of nitrogens with one attached hydrogen (secondary N) is 2. The van der Waals surface area contributed by atoms with Gasteiger partial charge in [-0.2, -0.15) is 0 Å². The molecule has 0 aliphatic carbocycles. The van der Waals surface area contributed by atoms with E-state index in [0.717, 1.165) is 5.76 Å². The maximum atomic E-state index is 11.8. The van der Waals surface area contributed by atoms with Gasteiger partial charge in [-0.1, -0.05) is 6.07 Å². The number of aromatic nitrogens is 1. The SMILES string of the molecule is CN(C)[C@H](CNC(=O)Nc1ccccn1)c1ccco1. The Morgan fingerprint density at radius 2 is 2.20 bits per heavy atom. The first-order valence-electron chi connectivity index (χ1n) is 6.32. The first-order chi connectivity index (χ1) is 9.66. The first kappa shape index (κ1) is 14.1. The second kappa shape index (κ2) is 6.72. The van der Waals surface area contributed by atoms with Crippen LogP contribution in [0.3, 0.4) is 0 Å². The van der Waals surface area contributed by atoms with Crippen molar-refractivity contribution in [3.8, 4) is 0 Å². The number of likely N-dealkylation sites (N-methyl/N-ethyl adjacent to an activating group) is 1. The van der Waals surface area contributed by atoms with Crippen molar-refractivity contribution < 1.29 is 9.21 Å². The number of hydrogen-bond donors (Lipinski definition) is 2. The van der Waals surface area contributed by atoms with Crippen LogP contribution >= 0.6 is 0 Å². The molecule has 0 aliphatic heterocycles. The van der Waals surface area contributed by atoms with E-state index in [0.29, 0.717) is 12.4 Å². The van der Waals surface area contributed by atoms with Crippen LogP contribution in [0, 0.1) is 0 Å². The molecule has 0 aliphatic rings. The van der Waals surface area contributed by atoms with E-state index >= 15 is 0 Å². The lowest BCUT2D eigenvalue weighted by molar-refractivity contribution is 0.233. The Hall–Kier alpha value is -2.34. The van der Waals surface area contributed by atoms with Gasteiger partial charge in [0.25, 0.3) is 0 Å². The Bertz CT molecular complexity index is 525. The average Bonchev–Trinajstić information content (AvgIpc) is 2.93. The van der Waals surface area contributed by atoms with Gasteiger partial charge < -0.3 is 9.73 Å². The summed E-state index contributed by atoms with van der Waals surface area (Å²) in [4.78, 5) is 17.8. The highest BCUT2D eigenvalue weighted by atomic mass is 16.3. The standard InChI is InChI=1S/C14H18N4O2/c1-18(2)11(12-6-5-9-20-12)10-16-14(19)17-13-7-3-4-8-15-13/h3-9,11H,10H2,1-2H3,(H2,15,16,17,19)/t11-/m1/s1. The zero-order valence-electron chi connectivity index (χ0n) is 11.5.